The SMILES string of the molecule is O=C(O)Cn1c[n+](Cc2cccc3ccccc23)c(Cl)c1Cl. The highest BCUT2D eigenvalue weighted by Gasteiger charge is 2.22. The van der Waals surface area contributed by atoms with Gasteiger partial charge >= 0.3 is 5.97 Å². The number of fused-ring (bicyclic) bond motifs is 1. The number of benzene rings is 2. The second kappa shape index (κ2) is 5.99. The molecule has 0 radical (unpaired) electrons. The van der Waals surface area contributed by atoms with E-state index in [9.17, 15) is 4.79 Å². The number of carbonyl (C=O) groups is 1. The number of carboxylic acid groups (broad SMARTS) is 1. The monoisotopic (exact) mass is 335 g/mol. The smallest absolute Gasteiger partial charge is 0.346 e. The predicted molar refractivity (Wildman–Crippen MR) is 85.3 cm³/mol. The summed E-state index contributed by atoms with van der Waals surface area (Å²) in [6.07, 6.45) is 1.63. The second-order valence-electron chi connectivity index (χ2n) is 4.98. The van der Waals surface area contributed by atoms with Crippen LogP contribution in [0.3, 0.4) is 0 Å². The number of rotatable bonds is 4. The first-order chi connectivity index (χ1) is 10.6. The van der Waals surface area contributed by atoms with Gasteiger partial charge in [-0.1, -0.05) is 42.5 Å². The summed E-state index contributed by atoms with van der Waals surface area (Å²) in [4.78, 5) is 10.8. The largest absolute Gasteiger partial charge is 0.478 e. The molecule has 0 fully saturated rings. The average Bonchev–Trinajstić information content (AvgIpc) is 2.75. The van der Waals surface area contributed by atoms with Gasteiger partial charge in [0.2, 0.25) is 6.33 Å². The van der Waals surface area contributed by atoms with Gasteiger partial charge in [0, 0.05) is 5.56 Å². The van der Waals surface area contributed by atoms with Gasteiger partial charge < -0.3 is 5.11 Å². The Labute approximate surface area is 137 Å². The van der Waals surface area contributed by atoms with Gasteiger partial charge in [-0.15, -0.1) is 0 Å². The maximum atomic E-state index is 10.8. The van der Waals surface area contributed by atoms with Crippen LogP contribution in [-0.4, -0.2) is 15.6 Å². The van der Waals surface area contributed by atoms with E-state index in [2.05, 4.69) is 6.07 Å². The number of carboxylic acids is 1. The Bertz CT molecular complexity index is 853. The van der Waals surface area contributed by atoms with E-state index in [0.717, 1.165) is 16.3 Å². The average molecular weight is 336 g/mol. The van der Waals surface area contributed by atoms with Crippen LogP contribution >= 0.6 is 23.2 Å². The molecule has 0 spiro atoms. The summed E-state index contributed by atoms with van der Waals surface area (Å²) in [6.45, 7) is 0.299. The molecule has 3 aromatic rings. The number of hydrogen-bond donors (Lipinski definition) is 1. The first kappa shape index (κ1) is 14.9. The number of hydrogen-bond acceptors (Lipinski definition) is 1. The lowest BCUT2D eigenvalue weighted by Gasteiger charge is -2.04. The third-order valence-electron chi connectivity index (χ3n) is 3.48. The number of aromatic nitrogens is 2. The fourth-order valence-electron chi connectivity index (χ4n) is 2.49. The molecule has 2 aromatic carbocycles. The van der Waals surface area contributed by atoms with Crippen LogP contribution in [-0.2, 0) is 17.9 Å². The molecule has 0 aliphatic heterocycles. The molecule has 0 unspecified atom stereocenters. The summed E-state index contributed by atoms with van der Waals surface area (Å²) in [7, 11) is 0. The van der Waals surface area contributed by atoms with Crippen molar-refractivity contribution in [3.05, 3.63) is 64.7 Å². The predicted octanol–water partition coefficient (Wildman–Crippen LogP) is 3.37. The van der Waals surface area contributed by atoms with Gasteiger partial charge in [0.25, 0.3) is 10.3 Å². The first-order valence-corrected chi connectivity index (χ1v) is 7.44. The van der Waals surface area contributed by atoms with Crippen LogP contribution in [0.5, 0.6) is 0 Å². The molecule has 0 saturated heterocycles. The summed E-state index contributed by atoms with van der Waals surface area (Å²) in [6, 6.07) is 14.1. The summed E-state index contributed by atoms with van der Waals surface area (Å²) in [5.41, 5.74) is 1.09. The number of halogens is 2. The van der Waals surface area contributed by atoms with Gasteiger partial charge in [-0.3, -0.25) is 0 Å². The minimum absolute atomic E-state index is 0.221. The molecular weight excluding hydrogens is 323 g/mol. The van der Waals surface area contributed by atoms with Gasteiger partial charge in [0.1, 0.15) is 6.54 Å². The maximum absolute atomic E-state index is 10.8. The molecule has 0 amide bonds. The summed E-state index contributed by atoms with van der Waals surface area (Å²) < 4.78 is 3.16. The van der Waals surface area contributed by atoms with E-state index in [-0.39, 0.29) is 11.7 Å². The van der Waals surface area contributed by atoms with E-state index in [0.29, 0.717) is 11.7 Å². The van der Waals surface area contributed by atoms with E-state index in [1.165, 1.54) is 4.57 Å². The lowest BCUT2D eigenvalue weighted by Crippen LogP contribution is -2.33. The number of nitrogens with zero attached hydrogens (tertiary/aromatic N) is 2. The standard InChI is InChI=1S/C16H12Cl2N2O2/c17-15-16(18)20(9-14(21)22)10-19(15)8-12-6-3-5-11-4-1-2-7-13(11)12/h1-7,10H,8-9H2/p+1. The van der Waals surface area contributed by atoms with Crippen molar-refractivity contribution in [2.45, 2.75) is 13.1 Å². The Kier molecular flexibility index (Phi) is 4.05. The molecule has 6 heteroatoms. The number of imidazole rings is 1. The molecular formula is C16H13Cl2N2O2+. The molecule has 0 atom stereocenters. The fourth-order valence-corrected chi connectivity index (χ4v) is 2.91. The summed E-state index contributed by atoms with van der Waals surface area (Å²) in [5.74, 6) is -0.967. The van der Waals surface area contributed by atoms with Crippen LogP contribution in [0.2, 0.25) is 10.3 Å². The van der Waals surface area contributed by atoms with E-state index >= 15 is 0 Å². The third-order valence-corrected chi connectivity index (χ3v) is 4.37. The van der Waals surface area contributed by atoms with Crippen LogP contribution < -0.4 is 4.57 Å². The van der Waals surface area contributed by atoms with E-state index in [1.807, 2.05) is 36.4 Å². The minimum atomic E-state index is -0.967. The molecule has 0 aliphatic rings. The van der Waals surface area contributed by atoms with Crippen molar-refractivity contribution in [1.29, 1.82) is 0 Å². The first-order valence-electron chi connectivity index (χ1n) is 6.68. The van der Waals surface area contributed by atoms with Crippen LogP contribution in [0, 0.1) is 0 Å². The molecule has 1 N–H and O–H groups in total. The zero-order valence-electron chi connectivity index (χ0n) is 11.5. The highest BCUT2D eigenvalue weighted by atomic mass is 35.5. The Hall–Kier alpha value is -2.04. The lowest BCUT2D eigenvalue weighted by molar-refractivity contribution is -0.685. The highest BCUT2D eigenvalue weighted by Crippen LogP contribution is 2.21. The molecule has 3 rings (SSSR count). The number of aliphatic carboxylic acids is 1. The van der Waals surface area contributed by atoms with Crippen molar-refractivity contribution >= 4 is 39.9 Å². The van der Waals surface area contributed by atoms with Crippen molar-refractivity contribution in [3.63, 3.8) is 0 Å². The molecule has 0 bridgehead atoms. The second-order valence-corrected chi connectivity index (χ2v) is 5.70. The molecule has 0 aliphatic carbocycles. The lowest BCUT2D eigenvalue weighted by atomic mass is 10.0. The highest BCUT2D eigenvalue weighted by molar-refractivity contribution is 6.39. The topological polar surface area (TPSA) is 46.1 Å². The molecule has 112 valence electrons. The van der Waals surface area contributed by atoms with Crippen molar-refractivity contribution in [3.8, 4) is 0 Å². The van der Waals surface area contributed by atoms with Crippen molar-refractivity contribution in [1.82, 2.24) is 4.57 Å². The Balaban J connectivity index is 2.00. The Morgan fingerprint density at radius 3 is 2.64 bits per heavy atom. The maximum Gasteiger partial charge on any atom is 0.346 e. The van der Waals surface area contributed by atoms with Gasteiger partial charge in [-0.25, -0.2) is 13.9 Å². The molecule has 4 nitrogen and oxygen atoms in total. The van der Waals surface area contributed by atoms with Crippen LogP contribution in [0.1, 0.15) is 5.56 Å². The zero-order chi connectivity index (χ0) is 15.7. The van der Waals surface area contributed by atoms with Crippen molar-refractivity contribution < 1.29 is 14.5 Å². The van der Waals surface area contributed by atoms with E-state index in [1.54, 1.807) is 10.9 Å². The van der Waals surface area contributed by atoms with Gasteiger partial charge in [-0.05, 0) is 34.0 Å². The van der Waals surface area contributed by atoms with Crippen LogP contribution in [0.4, 0.5) is 0 Å². The van der Waals surface area contributed by atoms with Gasteiger partial charge in [0.15, 0.2) is 6.54 Å². The van der Waals surface area contributed by atoms with Gasteiger partial charge in [0.05, 0.1) is 0 Å². The summed E-state index contributed by atoms with van der Waals surface area (Å²) >= 11 is 12.3. The van der Waals surface area contributed by atoms with Crippen molar-refractivity contribution in [2.24, 2.45) is 0 Å². The van der Waals surface area contributed by atoms with E-state index in [4.69, 9.17) is 28.3 Å². The molecule has 22 heavy (non-hydrogen) atoms. The normalized spacial score (nSPS) is 11.0. The quantitative estimate of drug-likeness (QED) is 0.743. The van der Waals surface area contributed by atoms with Crippen molar-refractivity contribution in [2.75, 3.05) is 0 Å². The Morgan fingerprint density at radius 1 is 1.14 bits per heavy atom. The van der Waals surface area contributed by atoms with Crippen LogP contribution in [0.15, 0.2) is 48.8 Å². The third kappa shape index (κ3) is 2.80. The van der Waals surface area contributed by atoms with E-state index < -0.39 is 5.97 Å². The summed E-state index contributed by atoms with van der Waals surface area (Å²) in [5, 5.41) is 11.7. The Morgan fingerprint density at radius 2 is 1.86 bits per heavy atom. The minimum Gasteiger partial charge on any atom is -0.478 e. The van der Waals surface area contributed by atoms with Crippen LogP contribution in [0.25, 0.3) is 10.8 Å². The molecule has 1 heterocycles. The molecule has 0 saturated carbocycles. The zero-order valence-corrected chi connectivity index (χ0v) is 13.1. The fraction of sp³-hybridized carbons (Fsp3) is 0.125. The van der Waals surface area contributed by atoms with Gasteiger partial charge in [-0.2, -0.15) is 0 Å². The molecule has 1 aromatic heterocycles.